The Kier molecular flexibility index (Phi) is 10.5. The maximum atomic E-state index is 13.6. The lowest BCUT2D eigenvalue weighted by molar-refractivity contribution is -0.136. The van der Waals surface area contributed by atoms with Crippen LogP contribution in [0.25, 0.3) is 0 Å². The lowest BCUT2D eigenvalue weighted by atomic mass is 10.0. The van der Waals surface area contributed by atoms with Gasteiger partial charge in [-0.1, -0.05) is 12.1 Å². The molecule has 2 atom stereocenters. The number of hydrogen-bond donors (Lipinski definition) is 1. The molecule has 0 unspecified atom stereocenters. The molecule has 1 aromatic heterocycles. The van der Waals surface area contributed by atoms with Crippen molar-refractivity contribution >= 4 is 17.2 Å². The predicted molar refractivity (Wildman–Crippen MR) is 133 cm³/mol. The van der Waals surface area contributed by atoms with Crippen LogP contribution in [-0.2, 0) is 16.0 Å². The van der Waals surface area contributed by atoms with E-state index in [1.807, 2.05) is 15.2 Å². The lowest BCUT2D eigenvalue weighted by Crippen LogP contribution is -2.48. The average molecular weight is 491 g/mol. The number of carbonyl (C=O) groups excluding carboxylic acids is 1. The molecule has 0 aliphatic carbocycles. The van der Waals surface area contributed by atoms with Crippen LogP contribution in [-0.4, -0.2) is 73.4 Å². The maximum absolute atomic E-state index is 13.6. The number of thiophene rings is 1. The summed E-state index contributed by atoms with van der Waals surface area (Å²) in [7, 11) is 1.66. The molecular formula is C26H35FN2O4S. The number of allylic oxidation sites excluding steroid dienone is 1. The van der Waals surface area contributed by atoms with E-state index >= 15 is 0 Å². The number of hydrogen-bond acceptors (Lipinski definition) is 6. The van der Waals surface area contributed by atoms with Gasteiger partial charge in [-0.2, -0.15) is 0 Å². The van der Waals surface area contributed by atoms with Crippen LogP contribution in [0.2, 0.25) is 0 Å². The quantitative estimate of drug-likeness (QED) is 0.320. The number of carbonyl (C=O) groups is 1. The second-order valence-electron chi connectivity index (χ2n) is 8.52. The number of nitrogens with zero attached hydrogens (tertiary/aromatic N) is 2. The zero-order valence-corrected chi connectivity index (χ0v) is 20.6. The molecule has 1 amide bonds. The van der Waals surface area contributed by atoms with E-state index in [0.29, 0.717) is 38.4 Å². The van der Waals surface area contributed by atoms with Gasteiger partial charge in [-0.25, -0.2) is 4.39 Å². The molecule has 0 saturated heterocycles. The number of rotatable bonds is 14. The highest BCUT2D eigenvalue weighted by atomic mass is 32.1. The van der Waals surface area contributed by atoms with Crippen LogP contribution in [0.4, 0.5) is 4.39 Å². The van der Waals surface area contributed by atoms with Gasteiger partial charge in [-0.15, -0.1) is 17.9 Å². The molecule has 1 aliphatic rings. The van der Waals surface area contributed by atoms with Crippen molar-refractivity contribution in [3.63, 3.8) is 0 Å². The smallest absolute Gasteiger partial charge is 0.237 e. The van der Waals surface area contributed by atoms with Crippen molar-refractivity contribution in [3.05, 3.63) is 64.6 Å². The first-order valence-corrected chi connectivity index (χ1v) is 12.6. The summed E-state index contributed by atoms with van der Waals surface area (Å²) >= 11 is 1.69. The number of benzene rings is 1. The Hall–Kier alpha value is -2.26. The van der Waals surface area contributed by atoms with Gasteiger partial charge in [-0.3, -0.25) is 9.69 Å². The second kappa shape index (κ2) is 13.6. The standard InChI is InChI=1S/C26H35FN2O4S/c1-3-4-8-21(30)17-28(12-6-14-32-2)18-26(31)29-13-10-25-23(11-15-34-25)24(29)19-33-22-9-5-7-20(27)16-22/h3,5,7,9,11,15-16,21,24,30H,1,4,6,8,10,12-14,17-19H2,2H3/t21-,24+/m1/s1. The van der Waals surface area contributed by atoms with Crippen LogP contribution in [0.1, 0.15) is 35.7 Å². The van der Waals surface area contributed by atoms with E-state index < -0.39 is 6.10 Å². The molecule has 8 heteroatoms. The van der Waals surface area contributed by atoms with E-state index in [9.17, 15) is 14.3 Å². The van der Waals surface area contributed by atoms with Crippen molar-refractivity contribution in [3.8, 4) is 5.75 Å². The Morgan fingerprint density at radius 2 is 2.29 bits per heavy atom. The van der Waals surface area contributed by atoms with Crippen LogP contribution in [0, 0.1) is 5.82 Å². The molecule has 0 fully saturated rings. The number of fused-ring (bicyclic) bond motifs is 1. The highest BCUT2D eigenvalue weighted by Gasteiger charge is 2.33. The van der Waals surface area contributed by atoms with Gasteiger partial charge in [0.15, 0.2) is 0 Å². The summed E-state index contributed by atoms with van der Waals surface area (Å²) < 4.78 is 24.7. The monoisotopic (exact) mass is 490 g/mol. The minimum absolute atomic E-state index is 0.00182. The largest absolute Gasteiger partial charge is 0.491 e. The van der Waals surface area contributed by atoms with Crippen molar-refractivity contribution < 1.29 is 23.8 Å². The number of ether oxygens (including phenoxy) is 2. The first-order chi connectivity index (χ1) is 16.5. The molecule has 1 aliphatic heterocycles. The average Bonchev–Trinajstić information content (AvgIpc) is 3.30. The van der Waals surface area contributed by atoms with Crippen molar-refractivity contribution in [2.45, 2.75) is 37.8 Å². The van der Waals surface area contributed by atoms with Gasteiger partial charge >= 0.3 is 0 Å². The van der Waals surface area contributed by atoms with E-state index in [-0.39, 0.29) is 30.9 Å². The molecule has 0 saturated carbocycles. The fraction of sp³-hybridized carbons (Fsp3) is 0.500. The van der Waals surface area contributed by atoms with Gasteiger partial charge < -0.3 is 19.5 Å². The number of methoxy groups -OCH3 is 1. The third kappa shape index (κ3) is 7.63. The van der Waals surface area contributed by atoms with Gasteiger partial charge in [0.05, 0.1) is 18.7 Å². The summed E-state index contributed by atoms with van der Waals surface area (Å²) in [5, 5.41) is 12.5. The number of aliphatic hydroxyl groups excluding tert-OH is 1. The Morgan fingerprint density at radius 1 is 1.44 bits per heavy atom. The van der Waals surface area contributed by atoms with E-state index in [1.54, 1.807) is 36.7 Å². The molecule has 2 aromatic rings. The van der Waals surface area contributed by atoms with E-state index in [2.05, 4.69) is 12.6 Å². The summed E-state index contributed by atoms with van der Waals surface area (Å²) in [5.41, 5.74) is 1.10. The van der Waals surface area contributed by atoms with Crippen LogP contribution in [0.15, 0.2) is 48.4 Å². The Labute approximate surface area is 205 Å². The molecule has 6 nitrogen and oxygen atoms in total. The molecule has 1 N–H and O–H groups in total. The summed E-state index contributed by atoms with van der Waals surface area (Å²) in [6.07, 6.45) is 4.20. The molecule has 2 heterocycles. The second-order valence-corrected chi connectivity index (χ2v) is 9.52. The fourth-order valence-electron chi connectivity index (χ4n) is 4.26. The highest BCUT2D eigenvalue weighted by Crippen LogP contribution is 2.34. The first-order valence-electron chi connectivity index (χ1n) is 11.8. The van der Waals surface area contributed by atoms with Gasteiger partial charge in [0.2, 0.25) is 5.91 Å². The summed E-state index contributed by atoms with van der Waals surface area (Å²) in [6.45, 7) is 6.47. The summed E-state index contributed by atoms with van der Waals surface area (Å²) in [6, 6.07) is 7.87. The van der Waals surface area contributed by atoms with Crippen molar-refractivity contribution in [1.82, 2.24) is 9.80 Å². The first kappa shape index (κ1) is 26.3. The minimum Gasteiger partial charge on any atom is -0.491 e. The topological polar surface area (TPSA) is 62.2 Å². The third-order valence-corrected chi connectivity index (χ3v) is 6.97. The zero-order chi connectivity index (χ0) is 24.3. The van der Waals surface area contributed by atoms with Gasteiger partial charge in [-0.05, 0) is 54.8 Å². The minimum atomic E-state index is -0.523. The summed E-state index contributed by atoms with van der Waals surface area (Å²) in [5.74, 6) is 0.0892. The third-order valence-electron chi connectivity index (χ3n) is 5.97. The SMILES string of the molecule is C=CCC[C@@H](O)CN(CCCOC)CC(=O)N1CCc2sccc2[C@@H]1COc1cccc(F)c1. The van der Waals surface area contributed by atoms with E-state index in [1.165, 1.54) is 17.0 Å². The maximum Gasteiger partial charge on any atom is 0.237 e. The number of halogens is 1. The van der Waals surface area contributed by atoms with Gasteiger partial charge in [0.1, 0.15) is 18.2 Å². The summed E-state index contributed by atoms with van der Waals surface area (Å²) in [4.78, 5) is 18.6. The number of amides is 1. The molecular weight excluding hydrogens is 455 g/mol. The Balaban J connectivity index is 1.70. The molecule has 0 bridgehead atoms. The Morgan fingerprint density at radius 3 is 3.06 bits per heavy atom. The van der Waals surface area contributed by atoms with Crippen molar-refractivity contribution in [2.24, 2.45) is 0 Å². The molecule has 0 radical (unpaired) electrons. The predicted octanol–water partition coefficient (Wildman–Crippen LogP) is 4.06. The molecule has 3 rings (SSSR count). The van der Waals surface area contributed by atoms with E-state index in [4.69, 9.17) is 9.47 Å². The molecule has 0 spiro atoms. The highest BCUT2D eigenvalue weighted by molar-refractivity contribution is 7.10. The fourth-order valence-corrected chi connectivity index (χ4v) is 5.18. The molecule has 34 heavy (non-hydrogen) atoms. The van der Waals surface area contributed by atoms with E-state index in [0.717, 1.165) is 24.8 Å². The van der Waals surface area contributed by atoms with Crippen molar-refractivity contribution in [1.29, 1.82) is 0 Å². The van der Waals surface area contributed by atoms with Gasteiger partial charge in [0.25, 0.3) is 0 Å². The molecule has 186 valence electrons. The zero-order valence-electron chi connectivity index (χ0n) is 19.8. The van der Waals surface area contributed by atoms with Crippen LogP contribution >= 0.6 is 11.3 Å². The number of aliphatic hydroxyl groups is 1. The van der Waals surface area contributed by atoms with Crippen molar-refractivity contribution in [2.75, 3.05) is 46.5 Å². The van der Waals surface area contributed by atoms with Crippen LogP contribution in [0.3, 0.4) is 0 Å². The van der Waals surface area contributed by atoms with Crippen LogP contribution in [0.5, 0.6) is 5.75 Å². The normalized spacial score (nSPS) is 16.4. The van der Waals surface area contributed by atoms with Gasteiger partial charge in [0, 0.05) is 44.3 Å². The Bertz CT molecular complexity index is 922. The molecule has 1 aromatic carbocycles. The lowest BCUT2D eigenvalue weighted by Gasteiger charge is -2.37. The van der Waals surface area contributed by atoms with Crippen LogP contribution < -0.4 is 4.74 Å².